The van der Waals surface area contributed by atoms with Crippen LogP contribution < -0.4 is 10.6 Å². The summed E-state index contributed by atoms with van der Waals surface area (Å²) in [6, 6.07) is 25.0. The minimum absolute atomic E-state index is 0.0274. The Morgan fingerprint density at radius 1 is 0.643 bits per heavy atom. The van der Waals surface area contributed by atoms with E-state index in [-0.39, 0.29) is 35.5 Å². The summed E-state index contributed by atoms with van der Waals surface area (Å²) in [4.78, 5) is 54.7. The van der Waals surface area contributed by atoms with Gasteiger partial charge in [0, 0.05) is 99.6 Å². The maximum Gasteiger partial charge on any atom is 0.332 e. The lowest BCUT2D eigenvalue weighted by Gasteiger charge is -2.45. The van der Waals surface area contributed by atoms with Gasteiger partial charge < -0.3 is 18.6 Å². The van der Waals surface area contributed by atoms with E-state index in [4.69, 9.17) is 9.47 Å². The van der Waals surface area contributed by atoms with E-state index < -0.39 is 35.2 Å². The number of nitrogens with zero attached hydrogens (tertiary/aromatic N) is 2. The number of esters is 2. The minimum atomic E-state index is -1.19. The number of fused-ring (bicyclic) bond motifs is 4. The summed E-state index contributed by atoms with van der Waals surface area (Å²) in [5.74, 6) is -2.84. The highest BCUT2D eigenvalue weighted by Crippen LogP contribution is 2.51. The van der Waals surface area contributed by atoms with Gasteiger partial charge in [-0.25, -0.2) is 9.59 Å². The molecule has 2 aromatic heterocycles. The molecule has 8 atom stereocenters. The molecule has 0 spiro atoms. The normalized spacial score (nSPS) is 29.4. The molecule has 6 heterocycles. The molecule has 8 unspecified atom stereocenters. The zero-order valence-electron chi connectivity index (χ0n) is 32.7. The lowest BCUT2D eigenvalue weighted by atomic mass is 9.72. The number of aromatic nitrogens is 2. The number of carbonyl (C=O) groups is 4. The van der Waals surface area contributed by atoms with E-state index in [0.717, 1.165) is 71.5 Å². The van der Waals surface area contributed by atoms with Crippen molar-refractivity contribution in [1.82, 2.24) is 19.8 Å². The van der Waals surface area contributed by atoms with E-state index in [1.807, 2.05) is 52.5 Å². The summed E-state index contributed by atoms with van der Waals surface area (Å²) in [6.07, 6.45) is 10.9. The van der Waals surface area contributed by atoms with Crippen LogP contribution in [0.3, 0.4) is 0 Å². The summed E-state index contributed by atoms with van der Waals surface area (Å²) in [5.41, 5.74) is 4.09. The van der Waals surface area contributed by atoms with Gasteiger partial charge in [0.15, 0.2) is 11.4 Å². The summed E-state index contributed by atoms with van der Waals surface area (Å²) in [7, 11) is 4.03. The molecule has 10 nitrogen and oxygen atoms in total. The van der Waals surface area contributed by atoms with Crippen LogP contribution in [0.25, 0.3) is 22.5 Å². The van der Waals surface area contributed by atoms with Crippen molar-refractivity contribution in [2.75, 3.05) is 0 Å². The van der Waals surface area contributed by atoms with Gasteiger partial charge in [-0.3, -0.25) is 20.2 Å². The second-order valence-electron chi connectivity index (χ2n) is 16.2. The highest BCUT2D eigenvalue weighted by Gasteiger charge is 2.59. The molecule has 4 bridgehead atoms. The molecule has 0 radical (unpaired) electrons. The number of hydrogen-bond acceptors (Lipinski definition) is 8. The molecule has 4 aliphatic rings. The summed E-state index contributed by atoms with van der Waals surface area (Å²) in [6.45, 7) is 3.69. The molecular weight excluding hydrogens is 705 g/mol. The molecule has 4 fully saturated rings. The van der Waals surface area contributed by atoms with Crippen molar-refractivity contribution in [2.24, 2.45) is 25.9 Å². The van der Waals surface area contributed by atoms with Crippen LogP contribution in [0.15, 0.2) is 97.3 Å². The SMILES string of the molecule is CCC(=O)C1C(c2ccc(-c3cccn3C)cc2)CC2CCC1(OC(=O)/C=C/C(=O)OC13CCC(CC(c4ccc(-c5cccn5C)cc4)C1C(=O)CC)N3)N2. The number of aryl methyl sites for hydroxylation is 2. The van der Waals surface area contributed by atoms with E-state index in [9.17, 15) is 19.2 Å². The molecule has 0 aliphatic carbocycles. The van der Waals surface area contributed by atoms with Gasteiger partial charge in [0.05, 0.1) is 11.8 Å². The van der Waals surface area contributed by atoms with Crippen molar-refractivity contribution >= 4 is 23.5 Å². The van der Waals surface area contributed by atoms with E-state index >= 15 is 0 Å². The molecule has 8 rings (SSSR count). The van der Waals surface area contributed by atoms with Gasteiger partial charge in [0.1, 0.15) is 11.6 Å². The Hall–Kier alpha value is -5.06. The second kappa shape index (κ2) is 15.1. The van der Waals surface area contributed by atoms with Gasteiger partial charge in [-0.05, 0) is 72.2 Å². The smallest absolute Gasteiger partial charge is 0.332 e. The van der Waals surface area contributed by atoms with Crippen LogP contribution in [0.1, 0.15) is 88.2 Å². The Morgan fingerprint density at radius 3 is 1.38 bits per heavy atom. The third kappa shape index (κ3) is 6.87. The Morgan fingerprint density at radius 2 is 1.04 bits per heavy atom. The van der Waals surface area contributed by atoms with Crippen molar-refractivity contribution < 1.29 is 28.7 Å². The molecule has 292 valence electrons. The van der Waals surface area contributed by atoms with Crippen molar-refractivity contribution in [3.8, 4) is 22.5 Å². The summed E-state index contributed by atoms with van der Waals surface area (Å²) < 4.78 is 16.6. The average molecular weight is 757 g/mol. The summed E-state index contributed by atoms with van der Waals surface area (Å²) in [5, 5.41) is 7.02. The highest BCUT2D eigenvalue weighted by atomic mass is 16.6. The molecule has 4 aliphatic heterocycles. The van der Waals surface area contributed by atoms with Gasteiger partial charge in [-0.15, -0.1) is 0 Å². The lowest BCUT2D eigenvalue weighted by Crippen LogP contribution is -2.60. The third-order valence-electron chi connectivity index (χ3n) is 13.0. The number of carbonyl (C=O) groups excluding carboxylic acids is 4. The zero-order chi connectivity index (χ0) is 39.2. The molecule has 0 amide bonds. The maximum absolute atomic E-state index is 13.7. The van der Waals surface area contributed by atoms with Crippen molar-refractivity contribution in [2.45, 2.75) is 101 Å². The molecule has 0 saturated carbocycles. The van der Waals surface area contributed by atoms with Gasteiger partial charge in [-0.2, -0.15) is 0 Å². The number of ketones is 2. The first-order valence-corrected chi connectivity index (χ1v) is 20.2. The van der Waals surface area contributed by atoms with Crippen LogP contribution in [-0.4, -0.2) is 56.2 Å². The second-order valence-corrected chi connectivity index (χ2v) is 16.2. The Bertz CT molecular complexity index is 2000. The van der Waals surface area contributed by atoms with E-state index in [0.29, 0.717) is 25.7 Å². The highest BCUT2D eigenvalue weighted by molar-refractivity contribution is 5.93. The number of rotatable bonds is 12. The number of nitrogens with one attached hydrogen (secondary N) is 2. The van der Waals surface area contributed by atoms with Gasteiger partial charge in [-0.1, -0.05) is 62.4 Å². The number of Topliss-reactive ketones (excluding diaryl/α,β-unsaturated/α-hetero) is 2. The fraction of sp³-hybridized carbons (Fsp3) is 0.435. The van der Waals surface area contributed by atoms with Crippen molar-refractivity contribution in [3.63, 3.8) is 0 Å². The van der Waals surface area contributed by atoms with E-state index in [1.54, 1.807) is 0 Å². The van der Waals surface area contributed by atoms with Gasteiger partial charge in [0.2, 0.25) is 0 Å². The number of piperidine rings is 2. The van der Waals surface area contributed by atoms with Crippen LogP contribution >= 0.6 is 0 Å². The van der Waals surface area contributed by atoms with Crippen LogP contribution in [0.5, 0.6) is 0 Å². The van der Waals surface area contributed by atoms with Crippen LogP contribution in [0.2, 0.25) is 0 Å². The fourth-order valence-corrected chi connectivity index (χ4v) is 10.4. The topological polar surface area (TPSA) is 121 Å². The molecule has 2 aromatic carbocycles. The first-order chi connectivity index (χ1) is 27.0. The molecule has 10 heteroatoms. The number of hydrogen-bond donors (Lipinski definition) is 2. The monoisotopic (exact) mass is 756 g/mol. The van der Waals surface area contributed by atoms with E-state index in [1.165, 1.54) is 0 Å². The molecule has 56 heavy (non-hydrogen) atoms. The van der Waals surface area contributed by atoms with Crippen molar-refractivity contribution in [1.29, 1.82) is 0 Å². The quantitative estimate of drug-likeness (QED) is 0.116. The maximum atomic E-state index is 13.7. The molecule has 4 saturated heterocycles. The van der Waals surface area contributed by atoms with Crippen LogP contribution in [-0.2, 0) is 42.7 Å². The van der Waals surface area contributed by atoms with Crippen LogP contribution in [0, 0.1) is 11.8 Å². The number of benzene rings is 2. The standard InChI is InChI=1S/C46H52N4O6/c1-5-39(51)43-35(29-11-15-31(16-12-29)37-9-7-25-49(37)3)27-33-21-23-45(43,47-33)55-41(53)19-20-42(54)56-46-24-22-34(48-46)28-36(44(46)40(52)6-2)30-13-17-32(18-14-30)38-10-8-26-50(38)4/h7-20,25-26,33-36,43-44,47-48H,5-6,21-24,27-28H2,1-4H3/b20-19+. The predicted octanol–water partition coefficient (Wildman–Crippen LogP) is 7.10. The molecule has 2 N–H and O–H groups in total. The lowest BCUT2D eigenvalue weighted by molar-refractivity contribution is -0.174. The third-order valence-corrected chi connectivity index (χ3v) is 13.0. The zero-order valence-corrected chi connectivity index (χ0v) is 32.7. The predicted molar refractivity (Wildman–Crippen MR) is 213 cm³/mol. The Balaban J connectivity index is 0.989. The minimum Gasteiger partial charge on any atom is -0.440 e. The molecular formula is C46H52N4O6. The van der Waals surface area contributed by atoms with E-state index in [2.05, 4.69) is 80.4 Å². The van der Waals surface area contributed by atoms with Gasteiger partial charge >= 0.3 is 11.9 Å². The summed E-state index contributed by atoms with van der Waals surface area (Å²) >= 11 is 0. The van der Waals surface area contributed by atoms with Crippen LogP contribution in [0.4, 0.5) is 0 Å². The average Bonchev–Trinajstić information content (AvgIpc) is 3.99. The Labute approximate surface area is 328 Å². The fourth-order valence-electron chi connectivity index (χ4n) is 10.4. The van der Waals surface area contributed by atoms with Crippen molar-refractivity contribution in [3.05, 3.63) is 108 Å². The first kappa shape index (κ1) is 37.8. The Kier molecular flexibility index (Phi) is 10.2. The largest absolute Gasteiger partial charge is 0.440 e. The number of ether oxygens (including phenoxy) is 2. The molecule has 4 aromatic rings. The first-order valence-electron chi connectivity index (χ1n) is 20.2. The van der Waals surface area contributed by atoms with Gasteiger partial charge in [0.25, 0.3) is 0 Å².